The Hall–Kier alpha value is -1.76. The standard InChI is InChI=1S/C11H14N2O4S/c1-7(6-18-2)12-9-4-3-8(11(14)15)5-10(9)13(16)17/h3-5,7,12H,6H2,1-2H3,(H,14,15). The number of anilines is 1. The normalized spacial score (nSPS) is 11.9. The van der Waals surface area contributed by atoms with Crippen molar-refractivity contribution in [2.45, 2.75) is 13.0 Å². The van der Waals surface area contributed by atoms with Gasteiger partial charge >= 0.3 is 5.97 Å². The minimum Gasteiger partial charge on any atom is -0.478 e. The SMILES string of the molecule is CSCC(C)Nc1ccc(C(=O)O)cc1[N+](=O)[O-]. The number of carbonyl (C=O) groups is 1. The maximum Gasteiger partial charge on any atom is 0.335 e. The smallest absolute Gasteiger partial charge is 0.335 e. The van der Waals surface area contributed by atoms with Crippen molar-refractivity contribution in [1.82, 2.24) is 0 Å². The van der Waals surface area contributed by atoms with Gasteiger partial charge in [0.15, 0.2) is 0 Å². The van der Waals surface area contributed by atoms with E-state index in [0.717, 1.165) is 11.8 Å². The molecule has 0 aliphatic carbocycles. The summed E-state index contributed by atoms with van der Waals surface area (Å²) in [5.74, 6) is -0.375. The second-order valence-corrected chi connectivity index (χ2v) is 4.71. The highest BCUT2D eigenvalue weighted by atomic mass is 32.2. The van der Waals surface area contributed by atoms with Gasteiger partial charge in [0.05, 0.1) is 10.5 Å². The second-order valence-electron chi connectivity index (χ2n) is 3.79. The van der Waals surface area contributed by atoms with Crippen LogP contribution in [0.5, 0.6) is 0 Å². The number of hydrogen-bond acceptors (Lipinski definition) is 5. The minimum atomic E-state index is -1.18. The van der Waals surface area contributed by atoms with Crippen molar-refractivity contribution in [1.29, 1.82) is 0 Å². The van der Waals surface area contributed by atoms with E-state index in [1.165, 1.54) is 12.1 Å². The second kappa shape index (κ2) is 6.25. The highest BCUT2D eigenvalue weighted by Gasteiger charge is 2.18. The number of rotatable bonds is 6. The van der Waals surface area contributed by atoms with E-state index in [1.54, 1.807) is 11.8 Å². The zero-order valence-corrected chi connectivity index (χ0v) is 10.9. The molecule has 0 saturated heterocycles. The van der Waals surface area contributed by atoms with Gasteiger partial charge < -0.3 is 10.4 Å². The first-order valence-electron chi connectivity index (χ1n) is 5.23. The van der Waals surface area contributed by atoms with Crippen LogP contribution in [0.1, 0.15) is 17.3 Å². The molecule has 1 atom stereocenters. The van der Waals surface area contributed by atoms with Crippen molar-refractivity contribution in [2.75, 3.05) is 17.3 Å². The third-order valence-electron chi connectivity index (χ3n) is 2.26. The summed E-state index contributed by atoms with van der Waals surface area (Å²) in [6.45, 7) is 1.91. The van der Waals surface area contributed by atoms with Gasteiger partial charge in [-0.3, -0.25) is 10.1 Å². The Morgan fingerprint density at radius 1 is 1.61 bits per heavy atom. The van der Waals surface area contributed by atoms with Gasteiger partial charge in [0.25, 0.3) is 5.69 Å². The molecule has 0 aliphatic rings. The topological polar surface area (TPSA) is 92.5 Å². The first kappa shape index (κ1) is 14.3. The van der Waals surface area contributed by atoms with Gasteiger partial charge in [0, 0.05) is 17.9 Å². The first-order chi connectivity index (χ1) is 8.45. The largest absolute Gasteiger partial charge is 0.478 e. The van der Waals surface area contributed by atoms with Gasteiger partial charge in [-0.2, -0.15) is 11.8 Å². The highest BCUT2D eigenvalue weighted by Crippen LogP contribution is 2.26. The molecule has 0 heterocycles. The molecule has 0 amide bonds. The number of thioether (sulfide) groups is 1. The van der Waals surface area contributed by atoms with E-state index in [0.29, 0.717) is 5.69 Å². The van der Waals surface area contributed by atoms with E-state index in [9.17, 15) is 14.9 Å². The molecular formula is C11H14N2O4S. The molecule has 1 aromatic carbocycles. The molecule has 18 heavy (non-hydrogen) atoms. The average molecular weight is 270 g/mol. The van der Waals surface area contributed by atoms with Gasteiger partial charge in [-0.15, -0.1) is 0 Å². The van der Waals surface area contributed by atoms with Crippen molar-refractivity contribution >= 4 is 29.1 Å². The molecule has 0 fully saturated rings. The third kappa shape index (κ3) is 3.63. The lowest BCUT2D eigenvalue weighted by molar-refractivity contribution is -0.384. The molecule has 0 aromatic heterocycles. The Morgan fingerprint density at radius 3 is 2.78 bits per heavy atom. The molecule has 1 rings (SSSR count). The molecule has 6 nitrogen and oxygen atoms in total. The molecule has 7 heteroatoms. The molecule has 1 unspecified atom stereocenters. The third-order valence-corrected chi connectivity index (χ3v) is 3.09. The van der Waals surface area contributed by atoms with Gasteiger partial charge in [-0.05, 0) is 25.3 Å². The van der Waals surface area contributed by atoms with Crippen LogP contribution in [-0.4, -0.2) is 34.0 Å². The van der Waals surface area contributed by atoms with Gasteiger partial charge in [-0.1, -0.05) is 0 Å². The molecule has 0 aliphatic heterocycles. The Bertz CT molecular complexity index is 464. The number of nitro groups is 1. The minimum absolute atomic E-state index is 0.0642. The summed E-state index contributed by atoms with van der Waals surface area (Å²) in [6, 6.07) is 3.91. The average Bonchev–Trinajstić information content (AvgIpc) is 2.29. The van der Waals surface area contributed by atoms with Crippen LogP contribution in [-0.2, 0) is 0 Å². The monoisotopic (exact) mass is 270 g/mol. The molecule has 98 valence electrons. The number of carboxylic acid groups (broad SMARTS) is 1. The summed E-state index contributed by atoms with van der Waals surface area (Å²) >= 11 is 1.62. The number of nitrogens with one attached hydrogen (secondary N) is 1. The number of carboxylic acids is 1. The summed E-state index contributed by atoms with van der Waals surface area (Å²) in [5.41, 5.74) is 0.0270. The van der Waals surface area contributed by atoms with E-state index < -0.39 is 10.9 Å². The van der Waals surface area contributed by atoms with Crippen LogP contribution in [0.4, 0.5) is 11.4 Å². The van der Waals surface area contributed by atoms with Gasteiger partial charge in [-0.25, -0.2) is 4.79 Å². The van der Waals surface area contributed by atoms with E-state index >= 15 is 0 Å². The van der Waals surface area contributed by atoms with Crippen LogP contribution in [0.15, 0.2) is 18.2 Å². The van der Waals surface area contributed by atoms with Crippen molar-refractivity contribution in [3.63, 3.8) is 0 Å². The Kier molecular flexibility index (Phi) is 4.96. The summed E-state index contributed by atoms with van der Waals surface area (Å²) in [4.78, 5) is 21.1. The fourth-order valence-electron chi connectivity index (χ4n) is 1.49. The van der Waals surface area contributed by atoms with E-state index in [-0.39, 0.29) is 17.3 Å². The van der Waals surface area contributed by atoms with Crippen LogP contribution in [0, 0.1) is 10.1 Å². The van der Waals surface area contributed by atoms with Gasteiger partial charge in [0.1, 0.15) is 5.69 Å². The van der Waals surface area contributed by atoms with Crippen LogP contribution < -0.4 is 5.32 Å². The summed E-state index contributed by atoms with van der Waals surface area (Å²) in [7, 11) is 0. The van der Waals surface area contributed by atoms with Gasteiger partial charge in [0.2, 0.25) is 0 Å². The van der Waals surface area contributed by atoms with Crippen molar-refractivity contribution in [3.8, 4) is 0 Å². The first-order valence-corrected chi connectivity index (χ1v) is 6.62. The van der Waals surface area contributed by atoms with Crippen LogP contribution >= 0.6 is 11.8 Å². The Balaban J connectivity index is 3.04. The lowest BCUT2D eigenvalue weighted by Crippen LogP contribution is -2.18. The fraction of sp³-hybridized carbons (Fsp3) is 0.364. The number of nitro benzene ring substituents is 1. The number of benzene rings is 1. The fourth-order valence-corrected chi connectivity index (χ4v) is 2.08. The van der Waals surface area contributed by atoms with Crippen LogP contribution in [0.3, 0.4) is 0 Å². The van der Waals surface area contributed by atoms with Crippen LogP contribution in [0.2, 0.25) is 0 Å². The Labute approximate surface area is 109 Å². The number of aromatic carboxylic acids is 1. The van der Waals surface area contributed by atoms with Crippen molar-refractivity contribution < 1.29 is 14.8 Å². The molecule has 1 aromatic rings. The lowest BCUT2D eigenvalue weighted by Gasteiger charge is -2.14. The lowest BCUT2D eigenvalue weighted by atomic mass is 10.1. The maximum atomic E-state index is 10.9. The maximum absolute atomic E-state index is 10.9. The number of nitrogens with zero attached hydrogens (tertiary/aromatic N) is 1. The molecule has 0 radical (unpaired) electrons. The quantitative estimate of drug-likeness (QED) is 0.609. The summed E-state index contributed by atoms with van der Waals surface area (Å²) < 4.78 is 0. The zero-order chi connectivity index (χ0) is 13.7. The molecule has 0 saturated carbocycles. The molecular weight excluding hydrogens is 256 g/mol. The van der Waals surface area contributed by atoms with E-state index in [1.807, 2.05) is 13.2 Å². The van der Waals surface area contributed by atoms with Crippen molar-refractivity contribution in [2.24, 2.45) is 0 Å². The van der Waals surface area contributed by atoms with E-state index in [2.05, 4.69) is 5.32 Å². The predicted molar refractivity (Wildman–Crippen MR) is 71.5 cm³/mol. The summed E-state index contributed by atoms with van der Waals surface area (Å²) in [5, 5.41) is 22.7. The van der Waals surface area contributed by atoms with E-state index in [4.69, 9.17) is 5.11 Å². The molecule has 0 spiro atoms. The summed E-state index contributed by atoms with van der Waals surface area (Å²) in [6.07, 6.45) is 1.94. The van der Waals surface area contributed by atoms with Crippen molar-refractivity contribution in [3.05, 3.63) is 33.9 Å². The number of hydrogen-bond donors (Lipinski definition) is 2. The highest BCUT2D eigenvalue weighted by molar-refractivity contribution is 7.98. The predicted octanol–water partition coefficient (Wildman–Crippen LogP) is 2.46. The Morgan fingerprint density at radius 2 is 2.28 bits per heavy atom. The van der Waals surface area contributed by atoms with Crippen LogP contribution in [0.25, 0.3) is 0 Å². The molecule has 0 bridgehead atoms. The molecule has 2 N–H and O–H groups in total. The zero-order valence-electron chi connectivity index (χ0n) is 10.0.